The van der Waals surface area contributed by atoms with Gasteiger partial charge >= 0.3 is 12.1 Å². The fraction of sp³-hybridized carbons (Fsp3) is 0.103. The monoisotopic (exact) mass is 481 g/mol. The Morgan fingerprint density at radius 1 is 0.806 bits per heavy atom. The number of benzene rings is 4. The molecule has 1 heterocycles. The van der Waals surface area contributed by atoms with Crippen molar-refractivity contribution in [1.82, 2.24) is 4.98 Å². The van der Waals surface area contributed by atoms with E-state index in [-0.39, 0.29) is 11.4 Å². The molecule has 180 valence electrons. The predicted octanol–water partition coefficient (Wildman–Crippen LogP) is 6.75. The van der Waals surface area contributed by atoms with Gasteiger partial charge in [0.2, 0.25) is 5.88 Å². The summed E-state index contributed by atoms with van der Waals surface area (Å²) in [6, 6.07) is 26.2. The van der Waals surface area contributed by atoms with Crippen LogP contribution in [0, 0.1) is 0 Å². The number of carboxylic acids is 1. The zero-order chi connectivity index (χ0) is 25.1. The first-order chi connectivity index (χ1) is 17.5. The maximum Gasteiger partial charge on any atom is 0.512 e. The molecular formula is C29H23NO6. The minimum Gasteiger partial charge on any atom is -0.493 e. The molecule has 0 aliphatic carbocycles. The first-order valence-electron chi connectivity index (χ1n) is 11.5. The average molecular weight is 482 g/mol. The molecule has 0 saturated carbocycles. The molecule has 0 spiro atoms. The van der Waals surface area contributed by atoms with Gasteiger partial charge in [-0.25, -0.2) is 9.59 Å². The van der Waals surface area contributed by atoms with Crippen LogP contribution in [0.5, 0.6) is 11.6 Å². The van der Waals surface area contributed by atoms with Crippen molar-refractivity contribution in [3.63, 3.8) is 0 Å². The van der Waals surface area contributed by atoms with Crippen molar-refractivity contribution >= 4 is 33.8 Å². The van der Waals surface area contributed by atoms with E-state index < -0.39 is 12.1 Å². The van der Waals surface area contributed by atoms with Crippen LogP contribution in [0.25, 0.3) is 32.8 Å². The number of para-hydroxylation sites is 1. The highest BCUT2D eigenvalue weighted by Crippen LogP contribution is 2.36. The van der Waals surface area contributed by atoms with Crippen LogP contribution in [-0.4, -0.2) is 33.9 Å². The molecule has 5 aromatic rings. The van der Waals surface area contributed by atoms with Gasteiger partial charge in [0.25, 0.3) is 0 Å². The van der Waals surface area contributed by atoms with E-state index in [2.05, 4.69) is 4.98 Å². The molecule has 0 unspecified atom stereocenters. The summed E-state index contributed by atoms with van der Waals surface area (Å²) in [5.41, 5.74) is 3.29. The number of nitrogens with one attached hydrogen (secondary N) is 1. The second-order valence-electron chi connectivity index (χ2n) is 8.34. The third-order valence-corrected chi connectivity index (χ3v) is 6.11. The minimum atomic E-state index is -1.40. The topological polar surface area (TPSA) is 109 Å². The quantitative estimate of drug-likeness (QED) is 0.167. The van der Waals surface area contributed by atoms with Gasteiger partial charge in [-0.2, -0.15) is 0 Å². The summed E-state index contributed by atoms with van der Waals surface area (Å²) >= 11 is 0. The number of aromatic amines is 1. The molecule has 1 aromatic heterocycles. The van der Waals surface area contributed by atoms with Crippen LogP contribution in [-0.2, 0) is 6.42 Å². The molecule has 3 N–H and O–H groups in total. The fourth-order valence-corrected chi connectivity index (χ4v) is 4.46. The molecule has 0 fully saturated rings. The summed E-state index contributed by atoms with van der Waals surface area (Å²) in [4.78, 5) is 25.7. The van der Waals surface area contributed by atoms with Gasteiger partial charge in [-0.05, 0) is 42.0 Å². The van der Waals surface area contributed by atoms with Crippen LogP contribution in [0.4, 0.5) is 4.79 Å². The Morgan fingerprint density at radius 2 is 1.53 bits per heavy atom. The van der Waals surface area contributed by atoms with Crippen LogP contribution in [0.15, 0.2) is 84.9 Å². The Balaban J connectivity index is 1.41. The fourth-order valence-electron chi connectivity index (χ4n) is 4.46. The minimum absolute atomic E-state index is 0.178. The van der Waals surface area contributed by atoms with E-state index in [0.717, 1.165) is 44.1 Å². The SMILES string of the molecule is O=C(O)Oc1[nH]c2c(-c3ccc(C(=O)O)cc3)cccc2c1CCCOc1cccc2ccccc12. The molecule has 0 bridgehead atoms. The number of carbonyl (C=O) groups is 2. The van der Waals surface area contributed by atoms with E-state index >= 15 is 0 Å². The van der Waals surface area contributed by atoms with Gasteiger partial charge < -0.3 is 24.7 Å². The number of hydrogen-bond acceptors (Lipinski definition) is 4. The predicted molar refractivity (Wildman–Crippen MR) is 137 cm³/mol. The number of hydrogen-bond donors (Lipinski definition) is 3. The number of rotatable bonds is 8. The van der Waals surface area contributed by atoms with E-state index in [1.165, 1.54) is 0 Å². The lowest BCUT2D eigenvalue weighted by Crippen LogP contribution is -2.06. The number of H-pyrrole nitrogens is 1. The van der Waals surface area contributed by atoms with Crippen molar-refractivity contribution < 1.29 is 29.3 Å². The lowest BCUT2D eigenvalue weighted by atomic mass is 9.99. The zero-order valence-electron chi connectivity index (χ0n) is 19.2. The molecule has 0 amide bonds. The Bertz CT molecular complexity index is 1560. The largest absolute Gasteiger partial charge is 0.512 e. The Morgan fingerprint density at radius 3 is 2.31 bits per heavy atom. The number of ether oxygens (including phenoxy) is 2. The second kappa shape index (κ2) is 9.84. The van der Waals surface area contributed by atoms with E-state index in [1.807, 2.05) is 60.7 Å². The molecule has 0 aliphatic heterocycles. The third kappa shape index (κ3) is 4.59. The first-order valence-corrected chi connectivity index (χ1v) is 11.5. The highest BCUT2D eigenvalue weighted by atomic mass is 16.7. The number of carboxylic acid groups (broad SMARTS) is 2. The van der Waals surface area contributed by atoms with E-state index in [9.17, 15) is 19.8 Å². The molecular weight excluding hydrogens is 458 g/mol. The van der Waals surface area contributed by atoms with Gasteiger partial charge in [-0.15, -0.1) is 0 Å². The second-order valence-corrected chi connectivity index (χ2v) is 8.34. The van der Waals surface area contributed by atoms with E-state index in [1.54, 1.807) is 24.3 Å². The highest BCUT2D eigenvalue weighted by molar-refractivity contribution is 5.98. The van der Waals surface area contributed by atoms with Crippen LogP contribution in [0.1, 0.15) is 22.3 Å². The van der Waals surface area contributed by atoms with Crippen LogP contribution >= 0.6 is 0 Å². The van der Waals surface area contributed by atoms with Gasteiger partial charge in [-0.3, -0.25) is 0 Å². The van der Waals surface area contributed by atoms with Crippen molar-refractivity contribution in [2.45, 2.75) is 12.8 Å². The molecule has 36 heavy (non-hydrogen) atoms. The van der Waals surface area contributed by atoms with Crippen molar-refractivity contribution in [1.29, 1.82) is 0 Å². The van der Waals surface area contributed by atoms with Crippen molar-refractivity contribution in [3.8, 4) is 22.8 Å². The zero-order valence-corrected chi connectivity index (χ0v) is 19.2. The smallest absolute Gasteiger partial charge is 0.493 e. The summed E-state index contributed by atoms with van der Waals surface area (Å²) in [5, 5.41) is 21.5. The summed E-state index contributed by atoms with van der Waals surface area (Å²) in [6.07, 6.45) is -0.222. The van der Waals surface area contributed by atoms with Gasteiger partial charge in [-0.1, -0.05) is 66.7 Å². The standard InChI is InChI=1S/C29H23NO6/c31-28(32)20-15-13-19(14-16-20)22-9-4-10-23-24(27(30-26(22)23)36-29(33)34)11-5-17-35-25-12-3-7-18-6-1-2-8-21(18)25/h1-4,6-10,12-16,30H,5,11,17H2,(H,31,32)(H,33,34). The maximum absolute atomic E-state index is 11.4. The molecule has 0 atom stereocenters. The molecule has 5 rings (SSSR count). The molecule has 0 radical (unpaired) electrons. The maximum atomic E-state index is 11.4. The summed E-state index contributed by atoms with van der Waals surface area (Å²) in [6.45, 7) is 0.448. The van der Waals surface area contributed by atoms with Gasteiger partial charge in [0, 0.05) is 21.9 Å². The van der Waals surface area contributed by atoms with Gasteiger partial charge in [0.05, 0.1) is 17.7 Å². The van der Waals surface area contributed by atoms with Crippen LogP contribution in [0.3, 0.4) is 0 Å². The number of aryl methyl sites for hydroxylation is 1. The van der Waals surface area contributed by atoms with Crippen molar-refractivity contribution in [2.24, 2.45) is 0 Å². The van der Waals surface area contributed by atoms with Crippen molar-refractivity contribution in [2.75, 3.05) is 6.61 Å². The lowest BCUT2D eigenvalue weighted by Gasteiger charge is -2.10. The molecule has 0 saturated heterocycles. The third-order valence-electron chi connectivity index (χ3n) is 6.11. The number of aromatic carboxylic acids is 1. The van der Waals surface area contributed by atoms with Gasteiger partial charge in [0.1, 0.15) is 5.75 Å². The van der Waals surface area contributed by atoms with E-state index in [0.29, 0.717) is 19.4 Å². The Hall–Kier alpha value is -4.78. The number of aromatic nitrogens is 1. The Labute approximate surface area is 206 Å². The summed E-state index contributed by atoms with van der Waals surface area (Å²) in [7, 11) is 0. The van der Waals surface area contributed by atoms with Crippen LogP contribution < -0.4 is 9.47 Å². The molecule has 7 heteroatoms. The first kappa shape index (κ1) is 23.0. The number of fused-ring (bicyclic) bond motifs is 2. The molecule has 0 aliphatic rings. The van der Waals surface area contributed by atoms with Crippen molar-refractivity contribution in [3.05, 3.63) is 96.1 Å². The Kier molecular flexibility index (Phi) is 6.28. The van der Waals surface area contributed by atoms with Gasteiger partial charge in [0.15, 0.2) is 0 Å². The highest BCUT2D eigenvalue weighted by Gasteiger charge is 2.18. The summed E-state index contributed by atoms with van der Waals surface area (Å²) in [5.74, 6) is -0.0109. The van der Waals surface area contributed by atoms with Crippen LogP contribution in [0.2, 0.25) is 0 Å². The average Bonchev–Trinajstić information content (AvgIpc) is 3.23. The lowest BCUT2D eigenvalue weighted by molar-refractivity contribution is 0.0696. The van der Waals surface area contributed by atoms with E-state index in [4.69, 9.17) is 9.47 Å². The molecule has 7 nitrogen and oxygen atoms in total. The molecule has 4 aromatic carbocycles. The summed E-state index contributed by atoms with van der Waals surface area (Å²) < 4.78 is 11.1. The normalized spacial score (nSPS) is 11.0.